The molecule has 0 amide bonds. The van der Waals surface area contributed by atoms with E-state index >= 15 is 0 Å². The molecule has 0 fully saturated rings. The predicted molar refractivity (Wildman–Crippen MR) is 72.7 cm³/mol. The maximum Gasteiger partial charge on any atom is 0.0468 e. The summed E-state index contributed by atoms with van der Waals surface area (Å²) < 4.78 is 0. The van der Waals surface area contributed by atoms with E-state index in [0.29, 0.717) is 12.0 Å². The monoisotopic (exact) mass is 236 g/mol. The van der Waals surface area contributed by atoms with Crippen molar-refractivity contribution < 1.29 is 5.11 Å². The van der Waals surface area contributed by atoms with Gasteiger partial charge in [-0.1, -0.05) is 25.1 Å². The van der Waals surface area contributed by atoms with Crippen LogP contribution in [0.15, 0.2) is 24.3 Å². The Morgan fingerprint density at radius 3 is 2.41 bits per heavy atom. The summed E-state index contributed by atoms with van der Waals surface area (Å²) in [6, 6.07) is 8.41. The van der Waals surface area contributed by atoms with Gasteiger partial charge in [0.2, 0.25) is 0 Å². The number of para-hydroxylation sites is 1. The zero-order valence-electron chi connectivity index (χ0n) is 11.1. The molecular formula is C14H24N2O. The predicted octanol–water partition coefficient (Wildman–Crippen LogP) is 2.11. The van der Waals surface area contributed by atoms with Gasteiger partial charge in [-0.3, -0.25) is 4.90 Å². The molecule has 3 nitrogen and oxygen atoms in total. The fraction of sp³-hybridized carbons (Fsp3) is 0.571. The minimum Gasteiger partial charge on any atom is -0.398 e. The highest BCUT2D eigenvalue weighted by Crippen LogP contribution is 2.16. The van der Waals surface area contributed by atoms with Gasteiger partial charge in [-0.05, 0) is 31.4 Å². The van der Waals surface area contributed by atoms with Crippen LogP contribution < -0.4 is 5.73 Å². The number of nitrogens with zero attached hydrogens (tertiary/aromatic N) is 1. The lowest BCUT2D eigenvalue weighted by Crippen LogP contribution is -2.35. The van der Waals surface area contributed by atoms with Crippen molar-refractivity contribution in [1.29, 1.82) is 0 Å². The zero-order valence-corrected chi connectivity index (χ0v) is 11.1. The molecule has 3 heteroatoms. The van der Waals surface area contributed by atoms with Gasteiger partial charge in [0.25, 0.3) is 0 Å². The molecule has 0 bridgehead atoms. The number of hydrogen-bond donors (Lipinski definition) is 2. The largest absolute Gasteiger partial charge is 0.398 e. The second-order valence-corrected chi connectivity index (χ2v) is 5.01. The van der Waals surface area contributed by atoms with Gasteiger partial charge in [-0.15, -0.1) is 0 Å². The maximum absolute atomic E-state index is 9.13. The first-order valence-corrected chi connectivity index (χ1v) is 6.23. The Kier molecular flexibility index (Phi) is 5.45. The van der Waals surface area contributed by atoms with Gasteiger partial charge in [0, 0.05) is 31.4 Å². The van der Waals surface area contributed by atoms with E-state index in [2.05, 4.69) is 31.7 Å². The summed E-state index contributed by atoms with van der Waals surface area (Å²) >= 11 is 0. The highest BCUT2D eigenvalue weighted by molar-refractivity contribution is 5.46. The van der Waals surface area contributed by atoms with Crippen LogP contribution in [0.2, 0.25) is 0 Å². The molecule has 3 N–H and O–H groups in total. The second kappa shape index (κ2) is 6.62. The fourth-order valence-electron chi connectivity index (χ4n) is 1.81. The Labute approximate surface area is 104 Å². The van der Waals surface area contributed by atoms with Gasteiger partial charge < -0.3 is 10.8 Å². The van der Waals surface area contributed by atoms with Gasteiger partial charge in [0.15, 0.2) is 0 Å². The Hall–Kier alpha value is -1.06. The summed E-state index contributed by atoms with van der Waals surface area (Å²) in [5.41, 5.74) is 7.96. The van der Waals surface area contributed by atoms with Crippen molar-refractivity contribution in [3.8, 4) is 0 Å². The topological polar surface area (TPSA) is 49.5 Å². The van der Waals surface area contributed by atoms with Crippen LogP contribution in [0.4, 0.5) is 5.69 Å². The lowest BCUT2D eigenvalue weighted by Gasteiger charge is -2.29. The van der Waals surface area contributed by atoms with E-state index in [4.69, 9.17) is 10.8 Å². The van der Waals surface area contributed by atoms with Crippen LogP contribution in [-0.2, 0) is 6.54 Å². The van der Waals surface area contributed by atoms with Crippen molar-refractivity contribution in [3.05, 3.63) is 29.8 Å². The second-order valence-electron chi connectivity index (χ2n) is 5.01. The van der Waals surface area contributed by atoms with Gasteiger partial charge in [0.1, 0.15) is 0 Å². The Morgan fingerprint density at radius 2 is 1.88 bits per heavy atom. The summed E-state index contributed by atoms with van der Waals surface area (Å²) in [5.74, 6) is 0.294. The van der Waals surface area contributed by atoms with E-state index in [1.807, 2.05) is 18.2 Å². The van der Waals surface area contributed by atoms with E-state index in [0.717, 1.165) is 24.3 Å². The van der Waals surface area contributed by atoms with E-state index < -0.39 is 0 Å². The van der Waals surface area contributed by atoms with Crippen LogP contribution in [0, 0.1) is 5.92 Å². The van der Waals surface area contributed by atoms with E-state index in [1.54, 1.807) is 0 Å². The standard InChI is InChI=1S/C14H24N2O/c1-11(2)16(8-12(3)10-17)9-13-6-4-5-7-14(13)15/h4-7,11-12,17H,8-10,15H2,1-3H3. The van der Waals surface area contributed by atoms with Crippen molar-refractivity contribution in [3.63, 3.8) is 0 Å². The minimum absolute atomic E-state index is 0.230. The van der Waals surface area contributed by atoms with E-state index in [1.165, 1.54) is 0 Å². The SMILES string of the molecule is CC(CO)CN(Cc1ccccc1N)C(C)C. The van der Waals surface area contributed by atoms with Crippen molar-refractivity contribution in [2.45, 2.75) is 33.4 Å². The van der Waals surface area contributed by atoms with Crippen molar-refractivity contribution in [2.75, 3.05) is 18.9 Å². The molecule has 0 aliphatic carbocycles. The summed E-state index contributed by atoms with van der Waals surface area (Å²) in [6.07, 6.45) is 0. The molecule has 17 heavy (non-hydrogen) atoms. The van der Waals surface area contributed by atoms with Gasteiger partial charge in [-0.25, -0.2) is 0 Å². The van der Waals surface area contributed by atoms with Crippen LogP contribution >= 0.6 is 0 Å². The van der Waals surface area contributed by atoms with Crippen LogP contribution in [0.25, 0.3) is 0 Å². The van der Waals surface area contributed by atoms with Crippen molar-refractivity contribution >= 4 is 5.69 Å². The highest BCUT2D eigenvalue weighted by Gasteiger charge is 2.14. The average molecular weight is 236 g/mol. The first-order chi connectivity index (χ1) is 8.04. The molecule has 1 atom stereocenters. The van der Waals surface area contributed by atoms with Crippen LogP contribution in [0.1, 0.15) is 26.3 Å². The summed E-state index contributed by atoms with van der Waals surface area (Å²) in [5, 5.41) is 9.13. The summed E-state index contributed by atoms with van der Waals surface area (Å²) in [6.45, 7) is 8.36. The van der Waals surface area contributed by atoms with Crippen molar-refractivity contribution in [2.24, 2.45) is 5.92 Å². The number of hydrogen-bond acceptors (Lipinski definition) is 3. The molecule has 0 saturated heterocycles. The third-order valence-corrected chi connectivity index (χ3v) is 3.02. The molecule has 0 aliphatic rings. The molecule has 96 valence electrons. The maximum atomic E-state index is 9.13. The number of aliphatic hydroxyl groups excluding tert-OH is 1. The highest BCUT2D eigenvalue weighted by atomic mass is 16.3. The lowest BCUT2D eigenvalue weighted by atomic mass is 10.1. The molecule has 0 spiro atoms. The average Bonchev–Trinajstić information content (AvgIpc) is 2.30. The molecule has 0 heterocycles. The number of benzene rings is 1. The first-order valence-electron chi connectivity index (χ1n) is 6.23. The zero-order chi connectivity index (χ0) is 12.8. The van der Waals surface area contributed by atoms with Gasteiger partial charge in [-0.2, -0.15) is 0 Å². The lowest BCUT2D eigenvalue weighted by molar-refractivity contribution is 0.143. The Bertz CT molecular complexity index is 339. The molecule has 1 aromatic rings. The van der Waals surface area contributed by atoms with Crippen LogP contribution in [0.5, 0.6) is 0 Å². The normalized spacial score (nSPS) is 13.3. The van der Waals surface area contributed by atoms with Crippen molar-refractivity contribution in [1.82, 2.24) is 4.90 Å². The number of nitrogen functional groups attached to an aromatic ring is 1. The Morgan fingerprint density at radius 1 is 1.24 bits per heavy atom. The molecule has 0 radical (unpaired) electrons. The minimum atomic E-state index is 0.230. The molecule has 1 rings (SSSR count). The van der Waals surface area contributed by atoms with Gasteiger partial charge in [0.05, 0.1) is 0 Å². The molecular weight excluding hydrogens is 212 g/mol. The molecule has 1 aromatic carbocycles. The van der Waals surface area contributed by atoms with E-state index in [-0.39, 0.29) is 6.61 Å². The summed E-state index contributed by atoms with van der Waals surface area (Å²) in [7, 11) is 0. The smallest absolute Gasteiger partial charge is 0.0468 e. The molecule has 0 saturated carbocycles. The number of aliphatic hydroxyl groups is 1. The molecule has 0 aliphatic heterocycles. The quantitative estimate of drug-likeness (QED) is 0.744. The third kappa shape index (κ3) is 4.36. The first kappa shape index (κ1) is 14.0. The molecule has 0 aromatic heterocycles. The molecule has 1 unspecified atom stereocenters. The van der Waals surface area contributed by atoms with E-state index in [9.17, 15) is 0 Å². The summed E-state index contributed by atoms with van der Waals surface area (Å²) in [4.78, 5) is 2.34. The van der Waals surface area contributed by atoms with Crippen LogP contribution in [0.3, 0.4) is 0 Å². The number of anilines is 1. The van der Waals surface area contributed by atoms with Crippen LogP contribution in [-0.4, -0.2) is 29.2 Å². The fourth-order valence-corrected chi connectivity index (χ4v) is 1.81. The third-order valence-electron chi connectivity index (χ3n) is 3.02. The van der Waals surface area contributed by atoms with Gasteiger partial charge >= 0.3 is 0 Å². The number of nitrogens with two attached hydrogens (primary N) is 1. The Balaban J connectivity index is 2.70. The number of rotatable bonds is 6.